The summed E-state index contributed by atoms with van der Waals surface area (Å²) in [5.41, 5.74) is 9.72. The van der Waals surface area contributed by atoms with Gasteiger partial charge in [-0.25, -0.2) is 10.4 Å². The number of carbonyl (C=O) groups is 1. The molecule has 0 spiro atoms. The monoisotopic (exact) mass is 524 g/mol. The van der Waals surface area contributed by atoms with Crippen molar-refractivity contribution in [2.24, 2.45) is 11.7 Å². The third kappa shape index (κ3) is 5.04. The van der Waals surface area contributed by atoms with Crippen molar-refractivity contribution in [3.05, 3.63) is 0 Å². The number of nitrogens with zero attached hydrogens (tertiary/aromatic N) is 5. The first kappa shape index (κ1) is 25.7. The quantitative estimate of drug-likeness (QED) is 0.252. The molecular weight excluding hydrogens is 480 g/mol. The molecule has 11 nitrogen and oxygen atoms in total. The van der Waals surface area contributed by atoms with Crippen LogP contribution < -0.4 is 27.1 Å². The fourth-order valence-corrected chi connectivity index (χ4v) is 8.06. The maximum Gasteiger partial charge on any atom is 0.229 e. The van der Waals surface area contributed by atoms with Gasteiger partial charge in [0.1, 0.15) is 0 Å². The van der Waals surface area contributed by atoms with Crippen molar-refractivity contribution in [3.63, 3.8) is 0 Å². The lowest BCUT2D eigenvalue weighted by Gasteiger charge is -2.47. The Balaban J connectivity index is 1.05. The van der Waals surface area contributed by atoms with Crippen LogP contribution in [0.15, 0.2) is 0 Å². The van der Waals surface area contributed by atoms with Gasteiger partial charge in [-0.3, -0.25) is 29.7 Å². The number of rotatable bonds is 4. The molecule has 0 saturated carbocycles. The van der Waals surface area contributed by atoms with Gasteiger partial charge in [-0.15, -0.1) is 11.6 Å². The van der Waals surface area contributed by atoms with Gasteiger partial charge in [0.05, 0.1) is 35.8 Å². The predicted molar refractivity (Wildman–Crippen MR) is 140 cm³/mol. The smallest absolute Gasteiger partial charge is 0.229 e. The van der Waals surface area contributed by atoms with Gasteiger partial charge in [0.15, 0.2) is 0 Å². The number of nitrogens with two attached hydrogens (primary N) is 1. The molecular formula is C24H45ClN10O. The number of hydrazine groups is 1. The largest absolute Gasteiger partial charge is 0.350 e. The number of nitrogens with one attached hydrogen (secondary N) is 4. The average molecular weight is 525 g/mol. The Morgan fingerprint density at radius 1 is 0.972 bits per heavy atom. The fourth-order valence-electron chi connectivity index (χ4n) is 7.69. The summed E-state index contributed by atoms with van der Waals surface area (Å²) in [6.07, 6.45) is 3.59. The van der Waals surface area contributed by atoms with Crippen molar-refractivity contribution in [3.8, 4) is 0 Å². The standard InChI is InChI=1S/C24H45ClN10O/c1-31-13-16(25)14-35-24(31)21(22(26)30-35)23(36)29-18-12-27-5-2-19(18)32-7-3-17(4-8-32)34-11-10-33-9-6-28-20(33)15-34/h16-22,24,27-28,30H,2-15,26H2,1H3,(H,29,36). The Morgan fingerprint density at radius 2 is 1.78 bits per heavy atom. The molecule has 6 N–H and O–H groups in total. The number of halogens is 1. The van der Waals surface area contributed by atoms with Crippen LogP contribution in [-0.4, -0.2) is 152 Å². The molecule has 1 amide bonds. The van der Waals surface area contributed by atoms with Crippen LogP contribution in [0.2, 0.25) is 0 Å². The fraction of sp³-hybridized carbons (Fsp3) is 0.958. The van der Waals surface area contributed by atoms with Crippen LogP contribution in [0, 0.1) is 5.92 Å². The van der Waals surface area contributed by atoms with Crippen molar-refractivity contribution in [1.82, 2.24) is 46.0 Å². The molecule has 36 heavy (non-hydrogen) atoms. The highest BCUT2D eigenvalue weighted by atomic mass is 35.5. The van der Waals surface area contributed by atoms with Crippen LogP contribution in [0.1, 0.15) is 19.3 Å². The molecule has 0 aromatic carbocycles. The molecule has 0 aromatic rings. The van der Waals surface area contributed by atoms with E-state index >= 15 is 0 Å². The Kier molecular flexibility index (Phi) is 7.75. The first-order chi connectivity index (χ1) is 17.5. The number of fused-ring (bicyclic) bond motifs is 2. The topological polar surface area (TPSA) is 107 Å². The molecule has 7 unspecified atom stereocenters. The SMILES string of the molecule is CN1CC(Cl)CN2NC(N)C(C(=O)NC3CNCCC3N3CCC(N4CCN5CCNC5C4)CC3)C12. The second kappa shape index (κ2) is 10.9. The number of hydrogen-bond donors (Lipinski definition) is 5. The molecule has 0 radical (unpaired) electrons. The van der Waals surface area contributed by atoms with E-state index in [1.165, 1.54) is 32.5 Å². The van der Waals surface area contributed by atoms with E-state index in [2.05, 4.69) is 46.0 Å². The predicted octanol–water partition coefficient (Wildman–Crippen LogP) is -2.56. The van der Waals surface area contributed by atoms with Crippen LogP contribution in [0.25, 0.3) is 0 Å². The van der Waals surface area contributed by atoms with Crippen LogP contribution in [0.5, 0.6) is 0 Å². The Morgan fingerprint density at radius 3 is 2.61 bits per heavy atom. The summed E-state index contributed by atoms with van der Waals surface area (Å²) in [7, 11) is 2.03. The number of piperazine rings is 1. The second-order valence-corrected chi connectivity index (χ2v) is 12.3. The summed E-state index contributed by atoms with van der Waals surface area (Å²) in [5.74, 6) is -0.270. The minimum Gasteiger partial charge on any atom is -0.350 e. The summed E-state index contributed by atoms with van der Waals surface area (Å²) < 4.78 is 0. The molecule has 0 bridgehead atoms. The Bertz CT molecular complexity index is 784. The number of alkyl halides is 1. The molecule has 204 valence electrons. The summed E-state index contributed by atoms with van der Waals surface area (Å²) in [6, 6.07) is 1.16. The highest BCUT2D eigenvalue weighted by Crippen LogP contribution is 2.29. The lowest BCUT2D eigenvalue weighted by atomic mass is 9.93. The minimum atomic E-state index is -0.403. The molecule has 7 atom stereocenters. The van der Waals surface area contributed by atoms with Crippen molar-refractivity contribution in [1.29, 1.82) is 0 Å². The van der Waals surface area contributed by atoms with Crippen molar-refractivity contribution >= 4 is 17.5 Å². The van der Waals surface area contributed by atoms with Gasteiger partial charge in [0, 0.05) is 77.5 Å². The van der Waals surface area contributed by atoms with E-state index in [0.29, 0.717) is 24.8 Å². The van der Waals surface area contributed by atoms with Crippen molar-refractivity contribution < 1.29 is 4.79 Å². The van der Waals surface area contributed by atoms with Crippen molar-refractivity contribution in [2.75, 3.05) is 79.0 Å². The van der Waals surface area contributed by atoms with E-state index in [-0.39, 0.29) is 29.4 Å². The maximum atomic E-state index is 13.6. The minimum absolute atomic E-state index is 0.0286. The Hall–Kier alpha value is -0.600. The highest BCUT2D eigenvalue weighted by molar-refractivity contribution is 6.21. The summed E-state index contributed by atoms with van der Waals surface area (Å²) in [6.45, 7) is 11.4. The van der Waals surface area contributed by atoms with Gasteiger partial charge in [-0.2, -0.15) is 0 Å². The van der Waals surface area contributed by atoms with Crippen LogP contribution >= 0.6 is 11.6 Å². The molecule has 6 aliphatic rings. The maximum absolute atomic E-state index is 13.6. The van der Waals surface area contributed by atoms with E-state index < -0.39 is 6.17 Å². The third-order valence-corrected chi connectivity index (χ3v) is 9.81. The first-order valence-corrected chi connectivity index (χ1v) is 14.5. The average Bonchev–Trinajstić information content (AvgIpc) is 3.47. The third-order valence-electron chi connectivity index (χ3n) is 9.54. The molecule has 6 rings (SSSR count). The molecule has 6 saturated heterocycles. The molecule has 6 aliphatic heterocycles. The van der Waals surface area contributed by atoms with Crippen LogP contribution in [0.3, 0.4) is 0 Å². The number of likely N-dealkylation sites (tertiary alicyclic amines) is 1. The zero-order valence-electron chi connectivity index (χ0n) is 21.6. The summed E-state index contributed by atoms with van der Waals surface area (Å²) in [5, 5.41) is 12.7. The van der Waals surface area contributed by atoms with Gasteiger partial charge < -0.3 is 16.4 Å². The van der Waals surface area contributed by atoms with E-state index in [0.717, 1.165) is 52.2 Å². The lowest BCUT2D eigenvalue weighted by molar-refractivity contribution is -0.130. The molecule has 6 fully saturated rings. The lowest BCUT2D eigenvalue weighted by Crippen LogP contribution is -2.64. The van der Waals surface area contributed by atoms with E-state index in [4.69, 9.17) is 17.3 Å². The number of piperidine rings is 2. The van der Waals surface area contributed by atoms with Gasteiger partial charge >= 0.3 is 0 Å². The summed E-state index contributed by atoms with van der Waals surface area (Å²) >= 11 is 6.41. The summed E-state index contributed by atoms with van der Waals surface area (Å²) in [4.78, 5) is 23.7. The van der Waals surface area contributed by atoms with Gasteiger partial charge in [0.2, 0.25) is 5.91 Å². The van der Waals surface area contributed by atoms with Crippen molar-refractivity contribution in [2.45, 2.75) is 61.3 Å². The highest BCUT2D eigenvalue weighted by Gasteiger charge is 2.50. The van der Waals surface area contributed by atoms with Gasteiger partial charge in [-0.1, -0.05) is 0 Å². The first-order valence-electron chi connectivity index (χ1n) is 14.1. The zero-order chi connectivity index (χ0) is 24.8. The van der Waals surface area contributed by atoms with Gasteiger partial charge in [0.25, 0.3) is 0 Å². The normalized spacial score (nSPS) is 42.4. The molecule has 6 heterocycles. The van der Waals surface area contributed by atoms with Crippen LogP contribution in [0.4, 0.5) is 0 Å². The van der Waals surface area contributed by atoms with E-state index in [1.807, 2.05) is 7.05 Å². The number of carbonyl (C=O) groups excluding carboxylic acids is 1. The molecule has 12 heteroatoms. The van der Waals surface area contributed by atoms with E-state index in [1.54, 1.807) is 0 Å². The zero-order valence-corrected chi connectivity index (χ0v) is 22.4. The molecule has 0 aliphatic carbocycles. The second-order valence-electron chi connectivity index (χ2n) is 11.7. The Labute approximate surface area is 220 Å². The van der Waals surface area contributed by atoms with Crippen LogP contribution in [-0.2, 0) is 4.79 Å². The van der Waals surface area contributed by atoms with E-state index in [9.17, 15) is 4.79 Å². The molecule has 0 aromatic heterocycles. The van der Waals surface area contributed by atoms with Gasteiger partial charge in [-0.05, 0) is 32.9 Å². The number of amides is 1. The number of hydrogen-bond acceptors (Lipinski definition) is 10.